The van der Waals surface area contributed by atoms with Gasteiger partial charge in [-0.25, -0.2) is 13.4 Å². The summed E-state index contributed by atoms with van der Waals surface area (Å²) in [6.07, 6.45) is 2.35. The highest BCUT2D eigenvalue weighted by Crippen LogP contribution is 2.36. The van der Waals surface area contributed by atoms with Crippen LogP contribution in [0, 0.1) is 12.3 Å². The van der Waals surface area contributed by atoms with E-state index in [1.165, 1.54) is 25.4 Å². The molecule has 0 bridgehead atoms. The Hall–Kier alpha value is -3.47. The molecule has 2 aromatic heterocycles. The number of nitrogens with zero attached hydrogens (tertiary/aromatic N) is 3. The number of aryl methyl sites for hydroxylation is 1. The monoisotopic (exact) mass is 401 g/mol. The fourth-order valence-corrected chi connectivity index (χ4v) is 3.61. The molecule has 146 valence electrons. The van der Waals surface area contributed by atoms with Gasteiger partial charge in [-0.05, 0) is 31.2 Å². The summed E-state index contributed by atoms with van der Waals surface area (Å²) in [5, 5.41) is 17.1. The van der Waals surface area contributed by atoms with Crippen LogP contribution in [0.25, 0.3) is 11.5 Å². The molecule has 0 radical (unpaired) electrons. The zero-order valence-electron chi connectivity index (χ0n) is 15.4. The van der Waals surface area contributed by atoms with Gasteiger partial charge in [0.05, 0.1) is 12.8 Å². The number of aromatic amines is 1. The Labute approximate surface area is 162 Å². The lowest BCUT2D eigenvalue weighted by molar-refractivity contribution is 0.417. The quantitative estimate of drug-likeness (QED) is 0.443. The predicted octanol–water partition coefficient (Wildman–Crippen LogP) is 2.02. The topological polar surface area (TPSA) is 146 Å². The minimum absolute atomic E-state index is 0.0344. The number of anilines is 2. The third kappa shape index (κ3) is 3.64. The number of hydrogen-bond acceptors (Lipinski definition) is 8. The Kier molecular flexibility index (Phi) is 5.27. The summed E-state index contributed by atoms with van der Waals surface area (Å²) in [6, 6.07) is 6.19. The summed E-state index contributed by atoms with van der Waals surface area (Å²) < 4.78 is 33.5. The van der Waals surface area contributed by atoms with E-state index in [4.69, 9.17) is 10.1 Å². The van der Waals surface area contributed by atoms with Crippen molar-refractivity contribution in [3.05, 3.63) is 41.9 Å². The van der Waals surface area contributed by atoms with Gasteiger partial charge in [-0.2, -0.15) is 5.10 Å². The van der Waals surface area contributed by atoms with Gasteiger partial charge in [0.25, 0.3) is 10.0 Å². The average molecular weight is 401 g/mol. The van der Waals surface area contributed by atoms with Crippen LogP contribution in [0.15, 0.2) is 35.4 Å². The first-order valence-electron chi connectivity index (χ1n) is 8.17. The van der Waals surface area contributed by atoms with Crippen LogP contribution in [-0.2, 0) is 10.0 Å². The van der Waals surface area contributed by atoms with Gasteiger partial charge < -0.3 is 15.5 Å². The van der Waals surface area contributed by atoms with Crippen LogP contribution in [0.5, 0.6) is 5.75 Å². The number of ether oxygens (including phenoxy) is 1. The zero-order chi connectivity index (χ0) is 20.3. The van der Waals surface area contributed by atoms with Crippen LogP contribution < -0.4 is 14.8 Å². The van der Waals surface area contributed by atoms with Gasteiger partial charge >= 0.3 is 0 Å². The lowest BCUT2D eigenvalue weighted by atomic mass is 10.1. The second kappa shape index (κ2) is 7.64. The second-order valence-corrected chi connectivity index (χ2v) is 7.41. The number of methoxy groups -OCH3 is 1. The zero-order valence-corrected chi connectivity index (χ0v) is 16.3. The maximum absolute atomic E-state index is 12.9. The molecule has 0 fully saturated rings. The Morgan fingerprint density at radius 1 is 1.21 bits per heavy atom. The molecule has 0 amide bonds. The molecule has 3 aromatic rings. The third-order valence-corrected chi connectivity index (χ3v) is 5.27. The van der Waals surface area contributed by atoms with E-state index in [1.54, 1.807) is 26.1 Å². The van der Waals surface area contributed by atoms with Crippen LogP contribution >= 0.6 is 0 Å². The molecular formula is C17H19N7O3S. The lowest BCUT2D eigenvalue weighted by Gasteiger charge is -2.17. The molecule has 11 heteroatoms. The maximum atomic E-state index is 12.9. The molecule has 0 aliphatic heterocycles. The van der Waals surface area contributed by atoms with Gasteiger partial charge in [0, 0.05) is 25.0 Å². The van der Waals surface area contributed by atoms with Crippen LogP contribution in [0.1, 0.15) is 11.4 Å². The number of nitrogens with one attached hydrogen (secondary N) is 4. The number of aromatic nitrogens is 4. The molecule has 0 atom stereocenters. The van der Waals surface area contributed by atoms with Crippen molar-refractivity contribution in [3.8, 4) is 17.3 Å². The summed E-state index contributed by atoms with van der Waals surface area (Å²) in [5.41, 5.74) is 1.59. The van der Waals surface area contributed by atoms with Gasteiger partial charge in [0.2, 0.25) is 0 Å². The SMILES string of the molecule is CNc1c(C=N)ccc(OC)c1NS(=O)(=O)c1ccc(-c2n[nH]c(C)n2)nc1. The van der Waals surface area contributed by atoms with E-state index in [0.717, 1.165) is 6.21 Å². The van der Waals surface area contributed by atoms with Gasteiger partial charge in [-0.3, -0.25) is 14.8 Å². The van der Waals surface area contributed by atoms with Crippen molar-refractivity contribution >= 4 is 27.6 Å². The van der Waals surface area contributed by atoms with Crippen LogP contribution in [0.4, 0.5) is 11.4 Å². The number of H-pyrrole nitrogens is 1. The van der Waals surface area contributed by atoms with Crippen molar-refractivity contribution in [2.75, 3.05) is 24.2 Å². The van der Waals surface area contributed by atoms with Crippen molar-refractivity contribution in [2.24, 2.45) is 0 Å². The standard InChI is InChI=1S/C17H19N7O3S/c1-10-21-17(23-22-10)13-6-5-12(9-20-13)28(25,26)24-16-14(27-3)7-4-11(8-18)15(16)19-2/h4-9,18-19,24H,1-3H3,(H,21,22,23). The van der Waals surface area contributed by atoms with Gasteiger partial charge in [-0.1, -0.05) is 0 Å². The highest BCUT2D eigenvalue weighted by atomic mass is 32.2. The first kappa shape index (κ1) is 19.3. The number of rotatable bonds is 7. The maximum Gasteiger partial charge on any atom is 0.263 e. The summed E-state index contributed by atoms with van der Waals surface area (Å²) in [5.74, 6) is 1.33. The molecule has 4 N–H and O–H groups in total. The fourth-order valence-electron chi connectivity index (χ4n) is 2.58. The van der Waals surface area contributed by atoms with Crippen molar-refractivity contribution < 1.29 is 13.2 Å². The van der Waals surface area contributed by atoms with Crippen LogP contribution in [0.2, 0.25) is 0 Å². The molecule has 0 saturated carbocycles. The van der Waals surface area contributed by atoms with Gasteiger partial charge in [0.15, 0.2) is 5.82 Å². The van der Waals surface area contributed by atoms with Crippen LogP contribution in [-0.4, -0.2) is 49.0 Å². The van der Waals surface area contributed by atoms with Crippen LogP contribution in [0.3, 0.4) is 0 Å². The smallest absolute Gasteiger partial charge is 0.263 e. The van der Waals surface area contributed by atoms with Gasteiger partial charge in [0.1, 0.15) is 27.9 Å². The summed E-state index contributed by atoms with van der Waals surface area (Å²) >= 11 is 0. The second-order valence-electron chi connectivity index (χ2n) is 5.73. The van der Waals surface area contributed by atoms with Crippen molar-refractivity contribution in [2.45, 2.75) is 11.8 Å². The molecular weight excluding hydrogens is 382 g/mol. The first-order valence-corrected chi connectivity index (χ1v) is 9.65. The van der Waals surface area contributed by atoms with E-state index in [9.17, 15) is 8.42 Å². The first-order chi connectivity index (χ1) is 13.4. The summed E-state index contributed by atoms with van der Waals surface area (Å²) in [4.78, 5) is 8.27. The van der Waals surface area contributed by atoms with E-state index in [2.05, 4.69) is 30.2 Å². The highest BCUT2D eigenvalue weighted by Gasteiger charge is 2.21. The Bertz CT molecular complexity index is 1110. The number of hydrogen-bond donors (Lipinski definition) is 4. The van der Waals surface area contributed by atoms with Gasteiger partial charge in [-0.15, -0.1) is 0 Å². The van der Waals surface area contributed by atoms with Crippen molar-refractivity contribution in [1.29, 1.82) is 5.41 Å². The summed E-state index contributed by atoms with van der Waals surface area (Å²) in [7, 11) is -0.883. The molecule has 0 aliphatic carbocycles. The van der Waals surface area contributed by atoms with Crippen molar-refractivity contribution in [3.63, 3.8) is 0 Å². The molecule has 3 rings (SSSR count). The largest absolute Gasteiger partial charge is 0.494 e. The number of sulfonamides is 1. The molecule has 0 unspecified atom stereocenters. The number of pyridine rings is 1. The minimum atomic E-state index is -3.95. The molecule has 0 spiro atoms. The molecule has 0 aliphatic rings. The summed E-state index contributed by atoms with van der Waals surface area (Å²) in [6.45, 7) is 1.76. The average Bonchev–Trinajstić information content (AvgIpc) is 3.13. The molecule has 10 nitrogen and oxygen atoms in total. The van der Waals surface area contributed by atoms with E-state index >= 15 is 0 Å². The van der Waals surface area contributed by atoms with E-state index in [1.807, 2.05) is 0 Å². The fraction of sp³-hybridized carbons (Fsp3) is 0.176. The molecule has 1 aromatic carbocycles. The Morgan fingerprint density at radius 2 is 2.00 bits per heavy atom. The highest BCUT2D eigenvalue weighted by molar-refractivity contribution is 7.92. The Balaban J connectivity index is 1.97. The predicted molar refractivity (Wildman–Crippen MR) is 106 cm³/mol. The normalized spacial score (nSPS) is 11.1. The van der Waals surface area contributed by atoms with Crippen molar-refractivity contribution in [1.82, 2.24) is 20.2 Å². The molecule has 0 saturated heterocycles. The van der Waals surface area contributed by atoms with E-state index < -0.39 is 10.0 Å². The minimum Gasteiger partial charge on any atom is -0.494 e. The third-order valence-electron chi connectivity index (χ3n) is 3.93. The lowest BCUT2D eigenvalue weighted by Crippen LogP contribution is -2.16. The van der Waals surface area contributed by atoms with E-state index in [0.29, 0.717) is 34.3 Å². The Morgan fingerprint density at radius 3 is 2.54 bits per heavy atom. The molecule has 2 heterocycles. The van der Waals surface area contributed by atoms with E-state index in [-0.39, 0.29) is 10.6 Å². The molecule has 28 heavy (non-hydrogen) atoms. The number of benzene rings is 1.